The fourth-order valence-electron chi connectivity index (χ4n) is 2.67. The number of allylic oxidation sites excluding steroid dienone is 3. The first kappa shape index (κ1) is 16.8. The van der Waals surface area contributed by atoms with Crippen LogP contribution < -0.4 is 5.32 Å². The number of urea groups is 2. The highest BCUT2D eigenvalue weighted by molar-refractivity contribution is 6.24. The van der Waals surface area contributed by atoms with Crippen molar-refractivity contribution in [3.63, 3.8) is 0 Å². The number of halogens is 1. The summed E-state index contributed by atoms with van der Waals surface area (Å²) in [6.07, 6.45) is 7.17. The van der Waals surface area contributed by atoms with Gasteiger partial charge in [-0.05, 0) is 44.2 Å². The number of amidine groups is 1. The monoisotopic (exact) mass is 340 g/mol. The molecule has 0 aromatic heterocycles. The van der Waals surface area contributed by atoms with Crippen LogP contribution in [0.1, 0.15) is 13.8 Å². The van der Waals surface area contributed by atoms with E-state index in [9.17, 15) is 14.0 Å². The van der Waals surface area contributed by atoms with E-state index in [1.54, 1.807) is 12.2 Å². The molecule has 7 heteroatoms. The van der Waals surface area contributed by atoms with Gasteiger partial charge in [0.15, 0.2) is 0 Å². The highest BCUT2D eigenvalue weighted by Gasteiger charge is 2.35. The Morgan fingerprint density at radius 2 is 2.00 bits per heavy atom. The van der Waals surface area contributed by atoms with Gasteiger partial charge in [-0.1, -0.05) is 18.2 Å². The Morgan fingerprint density at radius 1 is 1.28 bits per heavy atom. The Morgan fingerprint density at radius 3 is 2.68 bits per heavy atom. The van der Waals surface area contributed by atoms with Crippen molar-refractivity contribution in [3.8, 4) is 0 Å². The molecule has 0 saturated carbocycles. The molecule has 1 heterocycles. The van der Waals surface area contributed by atoms with Crippen LogP contribution in [-0.2, 0) is 0 Å². The smallest absolute Gasteiger partial charge is 0.306 e. The zero-order chi connectivity index (χ0) is 18.0. The molecule has 0 spiro atoms. The molecule has 1 N–H and O–H groups in total. The average molecular weight is 340 g/mol. The molecule has 1 aromatic rings. The molecule has 25 heavy (non-hydrogen) atoms. The first-order chi connectivity index (χ1) is 12.0. The number of carbonyl (C=O) groups excluding carboxylic acids is 2. The van der Waals surface area contributed by atoms with Crippen LogP contribution in [0.3, 0.4) is 0 Å². The summed E-state index contributed by atoms with van der Waals surface area (Å²) in [5.74, 6) is -0.428. The van der Waals surface area contributed by atoms with Crippen LogP contribution in [0.25, 0.3) is 0 Å². The fraction of sp³-hybridized carbons (Fsp3) is 0.222. The molecule has 2 aliphatic rings. The van der Waals surface area contributed by atoms with Crippen molar-refractivity contribution in [1.29, 1.82) is 0 Å². The van der Waals surface area contributed by atoms with Crippen molar-refractivity contribution in [2.75, 3.05) is 5.32 Å². The van der Waals surface area contributed by atoms with Crippen molar-refractivity contribution in [2.45, 2.75) is 19.9 Å². The lowest BCUT2D eigenvalue weighted by Crippen LogP contribution is -2.49. The van der Waals surface area contributed by atoms with Gasteiger partial charge >= 0.3 is 12.1 Å². The minimum absolute atomic E-state index is 0.200. The number of benzene rings is 1. The van der Waals surface area contributed by atoms with Crippen LogP contribution >= 0.6 is 0 Å². The number of hydrogen-bond acceptors (Lipinski definition) is 2. The lowest BCUT2D eigenvalue weighted by molar-refractivity contribution is 0.220. The van der Waals surface area contributed by atoms with Crippen LogP contribution in [0.5, 0.6) is 0 Å². The Kier molecular flexibility index (Phi) is 4.56. The first-order valence-electron chi connectivity index (χ1n) is 7.87. The van der Waals surface area contributed by atoms with Gasteiger partial charge in [-0.3, -0.25) is 4.90 Å². The van der Waals surface area contributed by atoms with Crippen molar-refractivity contribution in [3.05, 3.63) is 54.4 Å². The molecule has 1 atom stereocenters. The van der Waals surface area contributed by atoms with E-state index >= 15 is 0 Å². The van der Waals surface area contributed by atoms with Crippen molar-refractivity contribution in [1.82, 2.24) is 4.90 Å². The highest BCUT2D eigenvalue weighted by Crippen LogP contribution is 2.23. The van der Waals surface area contributed by atoms with Crippen LogP contribution in [-0.4, -0.2) is 34.6 Å². The summed E-state index contributed by atoms with van der Waals surface area (Å²) in [4.78, 5) is 34.2. The van der Waals surface area contributed by atoms with E-state index in [1.165, 1.54) is 29.2 Å². The van der Waals surface area contributed by atoms with Crippen LogP contribution in [0, 0.1) is 11.7 Å². The third-order valence-electron chi connectivity index (χ3n) is 3.78. The van der Waals surface area contributed by atoms with E-state index in [0.717, 1.165) is 0 Å². The highest BCUT2D eigenvalue weighted by atomic mass is 19.1. The number of carbonyl (C=O) groups is 2. The largest absolute Gasteiger partial charge is 0.349 e. The molecule has 128 valence electrons. The summed E-state index contributed by atoms with van der Waals surface area (Å²) in [5, 5.41) is 2.57. The summed E-state index contributed by atoms with van der Waals surface area (Å²) in [5.41, 5.74) is 0.972. The Labute approximate surface area is 144 Å². The van der Waals surface area contributed by atoms with Gasteiger partial charge in [0.2, 0.25) is 0 Å². The summed E-state index contributed by atoms with van der Waals surface area (Å²) in [7, 11) is 0. The summed E-state index contributed by atoms with van der Waals surface area (Å²) in [6, 6.07) is 4.08. The number of nitrogens with zero attached hydrogens (tertiary/aromatic N) is 3. The van der Waals surface area contributed by atoms with E-state index in [1.807, 2.05) is 26.0 Å². The topological polar surface area (TPSA) is 74.1 Å². The number of hydrogen-bond donors (Lipinski definition) is 1. The van der Waals surface area contributed by atoms with Gasteiger partial charge in [-0.2, -0.15) is 9.98 Å². The molecule has 0 radical (unpaired) electrons. The first-order valence-corrected chi connectivity index (χ1v) is 7.87. The van der Waals surface area contributed by atoms with Crippen LogP contribution in [0.2, 0.25) is 0 Å². The minimum atomic E-state index is -0.635. The summed E-state index contributed by atoms with van der Waals surface area (Å²) in [6.45, 7) is 3.66. The molecule has 1 aromatic carbocycles. The summed E-state index contributed by atoms with van der Waals surface area (Å²) >= 11 is 0. The predicted molar refractivity (Wildman–Crippen MR) is 94.4 cm³/mol. The van der Waals surface area contributed by atoms with Gasteiger partial charge in [0.1, 0.15) is 11.7 Å². The molecule has 3 rings (SSSR count). The third-order valence-corrected chi connectivity index (χ3v) is 3.78. The van der Waals surface area contributed by atoms with E-state index in [-0.39, 0.29) is 12.0 Å². The van der Waals surface area contributed by atoms with Gasteiger partial charge in [0.25, 0.3) is 0 Å². The normalized spacial score (nSPS) is 20.7. The summed E-state index contributed by atoms with van der Waals surface area (Å²) < 4.78 is 13.0. The van der Waals surface area contributed by atoms with E-state index in [2.05, 4.69) is 15.3 Å². The van der Waals surface area contributed by atoms with Crippen LogP contribution in [0.15, 0.2) is 58.6 Å². The maximum Gasteiger partial charge on any atom is 0.349 e. The minimum Gasteiger partial charge on any atom is -0.306 e. The van der Waals surface area contributed by atoms with Crippen LogP contribution in [0.4, 0.5) is 19.7 Å². The average Bonchev–Trinajstić information content (AvgIpc) is 2.56. The van der Waals surface area contributed by atoms with Gasteiger partial charge in [-0.25, -0.2) is 14.0 Å². The molecular formula is C18H17FN4O2. The second-order valence-electron chi connectivity index (χ2n) is 5.91. The molecule has 0 fully saturated rings. The molecule has 1 aliphatic carbocycles. The van der Waals surface area contributed by atoms with Crippen molar-refractivity contribution in [2.24, 2.45) is 15.9 Å². The second kappa shape index (κ2) is 6.80. The molecule has 1 unspecified atom stereocenters. The van der Waals surface area contributed by atoms with Crippen molar-refractivity contribution >= 4 is 29.3 Å². The van der Waals surface area contributed by atoms with Gasteiger partial charge in [0, 0.05) is 11.7 Å². The lowest BCUT2D eigenvalue weighted by atomic mass is 9.94. The maximum absolute atomic E-state index is 13.0. The zero-order valence-corrected chi connectivity index (χ0v) is 13.8. The van der Waals surface area contributed by atoms with Gasteiger partial charge in [0.05, 0.1) is 11.6 Å². The van der Waals surface area contributed by atoms with E-state index < -0.39 is 17.9 Å². The second-order valence-corrected chi connectivity index (χ2v) is 5.91. The van der Waals surface area contributed by atoms with E-state index in [0.29, 0.717) is 17.2 Å². The molecular weight excluding hydrogens is 323 g/mol. The molecule has 6 nitrogen and oxygen atoms in total. The molecule has 0 saturated heterocycles. The number of nitrogens with one attached hydrogen (secondary N) is 1. The van der Waals surface area contributed by atoms with E-state index in [4.69, 9.17) is 0 Å². The SMILES string of the molecule is CC(C)N1C(=O)N=C2C=CC=CC2/C1=N\C(=O)Nc1ccc(F)cc1. The Bertz CT molecular complexity index is 822. The Hall–Kier alpha value is -3.09. The number of aliphatic imine (C=N–C) groups is 2. The number of fused-ring (bicyclic) bond motifs is 1. The predicted octanol–water partition coefficient (Wildman–Crippen LogP) is 3.78. The standard InChI is InChI=1S/C18H17FN4O2/c1-11(2)23-16(14-5-3-4-6-15(14)21-18(23)25)22-17(24)20-13-9-7-12(19)8-10-13/h3-11,14H,1-2H3,(H,20,24)/b22-16+. The zero-order valence-electron chi connectivity index (χ0n) is 13.8. The fourth-order valence-corrected chi connectivity index (χ4v) is 2.67. The Balaban J connectivity index is 1.91. The van der Waals surface area contributed by atoms with Gasteiger partial charge in [-0.15, -0.1) is 0 Å². The molecule has 1 aliphatic heterocycles. The number of rotatable bonds is 2. The quantitative estimate of drug-likeness (QED) is 0.889. The maximum atomic E-state index is 13.0. The molecule has 4 amide bonds. The number of anilines is 1. The van der Waals surface area contributed by atoms with Gasteiger partial charge < -0.3 is 5.32 Å². The van der Waals surface area contributed by atoms with Crippen molar-refractivity contribution < 1.29 is 14.0 Å². The molecule has 0 bridgehead atoms. The third kappa shape index (κ3) is 3.55. The number of amides is 4. The lowest BCUT2D eigenvalue weighted by Gasteiger charge is -2.34.